The molecule has 2 N–H and O–H groups in total. The second-order valence-electron chi connectivity index (χ2n) is 4.90. The maximum absolute atomic E-state index is 12.1. The van der Waals surface area contributed by atoms with Crippen molar-refractivity contribution in [2.45, 2.75) is 4.90 Å². The topological polar surface area (TPSA) is 83.7 Å². The Labute approximate surface area is 129 Å². The van der Waals surface area contributed by atoms with Crippen LogP contribution in [0.2, 0.25) is 0 Å². The number of nitrogens with zero attached hydrogens (tertiary/aromatic N) is 2. The monoisotopic (exact) mass is 329 g/mol. The first-order valence-corrected chi connectivity index (χ1v) is 9.41. The molecule has 0 radical (unpaired) electrons. The Morgan fingerprint density at radius 3 is 2.29 bits per heavy atom. The maximum atomic E-state index is 12.1. The molecular formula is C13H19N3O3S2. The second kappa shape index (κ2) is 6.67. The highest BCUT2D eigenvalue weighted by molar-refractivity contribution is 8.00. The van der Waals surface area contributed by atoms with Crippen LogP contribution in [0, 0.1) is 0 Å². The molecule has 116 valence electrons. The van der Waals surface area contributed by atoms with Crippen LogP contribution in [0.4, 0.5) is 5.69 Å². The minimum atomic E-state index is -3.16. The van der Waals surface area contributed by atoms with Crippen molar-refractivity contribution in [3.63, 3.8) is 0 Å². The Morgan fingerprint density at radius 1 is 1.19 bits per heavy atom. The Hall–Kier alpha value is -1.25. The standard InChI is InChI=1S/C13H19N3O3S2/c1-21(18,19)16-8-6-15(7-9-16)13(17)10-20-12-4-2-11(14)3-5-12/h2-5H,6-10,14H2,1H3. The summed E-state index contributed by atoms with van der Waals surface area (Å²) in [5.41, 5.74) is 6.31. The van der Waals surface area contributed by atoms with Crippen molar-refractivity contribution in [1.29, 1.82) is 0 Å². The van der Waals surface area contributed by atoms with Gasteiger partial charge in [-0.15, -0.1) is 11.8 Å². The number of carbonyl (C=O) groups excluding carboxylic acids is 1. The highest BCUT2D eigenvalue weighted by Gasteiger charge is 2.25. The van der Waals surface area contributed by atoms with E-state index in [1.54, 1.807) is 17.0 Å². The molecule has 6 nitrogen and oxygen atoms in total. The van der Waals surface area contributed by atoms with Crippen LogP contribution in [0.3, 0.4) is 0 Å². The van der Waals surface area contributed by atoms with Gasteiger partial charge in [-0.05, 0) is 24.3 Å². The van der Waals surface area contributed by atoms with E-state index in [1.807, 2.05) is 12.1 Å². The summed E-state index contributed by atoms with van der Waals surface area (Å²) in [6.45, 7) is 1.65. The van der Waals surface area contributed by atoms with Gasteiger partial charge < -0.3 is 10.6 Å². The van der Waals surface area contributed by atoms with Crippen LogP contribution in [0.1, 0.15) is 0 Å². The zero-order valence-electron chi connectivity index (χ0n) is 11.9. The number of thioether (sulfide) groups is 1. The van der Waals surface area contributed by atoms with Gasteiger partial charge >= 0.3 is 0 Å². The molecule has 1 amide bonds. The number of piperazine rings is 1. The number of nitrogen functional groups attached to an aromatic ring is 1. The van der Waals surface area contributed by atoms with Gasteiger partial charge in [0.25, 0.3) is 0 Å². The molecule has 0 atom stereocenters. The summed E-state index contributed by atoms with van der Waals surface area (Å²) in [6, 6.07) is 7.37. The fourth-order valence-electron chi connectivity index (χ4n) is 2.07. The molecule has 1 aliphatic rings. The van der Waals surface area contributed by atoms with Gasteiger partial charge in [0.1, 0.15) is 0 Å². The molecule has 1 aromatic carbocycles. The van der Waals surface area contributed by atoms with E-state index in [0.29, 0.717) is 37.6 Å². The molecule has 8 heteroatoms. The Kier molecular flexibility index (Phi) is 5.13. The summed E-state index contributed by atoms with van der Waals surface area (Å²) in [4.78, 5) is 14.8. The van der Waals surface area contributed by atoms with Gasteiger partial charge in [-0.1, -0.05) is 0 Å². The largest absolute Gasteiger partial charge is 0.399 e. The van der Waals surface area contributed by atoms with E-state index in [2.05, 4.69) is 0 Å². The number of nitrogens with two attached hydrogens (primary N) is 1. The van der Waals surface area contributed by atoms with Crippen molar-refractivity contribution in [2.24, 2.45) is 0 Å². The van der Waals surface area contributed by atoms with Gasteiger partial charge in [-0.25, -0.2) is 8.42 Å². The highest BCUT2D eigenvalue weighted by atomic mass is 32.2. The minimum Gasteiger partial charge on any atom is -0.399 e. The van der Waals surface area contributed by atoms with Crippen molar-refractivity contribution in [3.8, 4) is 0 Å². The third kappa shape index (κ3) is 4.62. The number of benzene rings is 1. The lowest BCUT2D eigenvalue weighted by Gasteiger charge is -2.33. The van der Waals surface area contributed by atoms with Crippen molar-refractivity contribution >= 4 is 33.4 Å². The lowest BCUT2D eigenvalue weighted by atomic mass is 10.3. The normalized spacial score (nSPS) is 16.9. The number of anilines is 1. The van der Waals surface area contributed by atoms with E-state index in [1.165, 1.54) is 22.3 Å². The minimum absolute atomic E-state index is 0.0324. The van der Waals surface area contributed by atoms with Gasteiger partial charge in [-0.2, -0.15) is 4.31 Å². The predicted octanol–water partition coefficient (Wildman–Crippen LogP) is 0.465. The van der Waals surface area contributed by atoms with E-state index in [4.69, 9.17) is 5.73 Å². The lowest BCUT2D eigenvalue weighted by molar-refractivity contribution is -0.129. The number of carbonyl (C=O) groups is 1. The van der Waals surface area contributed by atoms with Crippen LogP contribution in [-0.2, 0) is 14.8 Å². The molecular weight excluding hydrogens is 310 g/mol. The van der Waals surface area contributed by atoms with Crippen LogP contribution < -0.4 is 5.73 Å². The van der Waals surface area contributed by atoms with Gasteiger partial charge in [0.2, 0.25) is 15.9 Å². The van der Waals surface area contributed by atoms with E-state index < -0.39 is 10.0 Å². The van der Waals surface area contributed by atoms with Gasteiger partial charge in [-0.3, -0.25) is 4.79 Å². The quantitative estimate of drug-likeness (QED) is 0.641. The maximum Gasteiger partial charge on any atom is 0.233 e. The lowest BCUT2D eigenvalue weighted by Crippen LogP contribution is -2.50. The molecule has 21 heavy (non-hydrogen) atoms. The van der Waals surface area contributed by atoms with E-state index >= 15 is 0 Å². The molecule has 0 spiro atoms. The second-order valence-corrected chi connectivity index (χ2v) is 7.93. The van der Waals surface area contributed by atoms with Crippen LogP contribution in [-0.4, -0.2) is 61.7 Å². The summed E-state index contributed by atoms with van der Waals surface area (Å²) in [6.07, 6.45) is 1.20. The summed E-state index contributed by atoms with van der Waals surface area (Å²) >= 11 is 1.46. The van der Waals surface area contributed by atoms with Crippen molar-refractivity contribution in [1.82, 2.24) is 9.21 Å². The first-order valence-electron chi connectivity index (χ1n) is 6.57. The smallest absolute Gasteiger partial charge is 0.233 e. The van der Waals surface area contributed by atoms with E-state index in [9.17, 15) is 13.2 Å². The Morgan fingerprint density at radius 2 is 1.76 bits per heavy atom. The molecule has 1 aromatic rings. The van der Waals surface area contributed by atoms with Crippen LogP contribution in [0.5, 0.6) is 0 Å². The molecule has 1 saturated heterocycles. The van der Waals surface area contributed by atoms with Gasteiger partial charge in [0.15, 0.2) is 0 Å². The predicted molar refractivity (Wildman–Crippen MR) is 84.6 cm³/mol. The van der Waals surface area contributed by atoms with Gasteiger partial charge in [0.05, 0.1) is 12.0 Å². The molecule has 2 rings (SSSR count). The van der Waals surface area contributed by atoms with E-state index in [0.717, 1.165) is 4.90 Å². The summed E-state index contributed by atoms with van der Waals surface area (Å²) < 4.78 is 24.2. The van der Waals surface area contributed by atoms with Crippen LogP contribution in [0.15, 0.2) is 29.2 Å². The Balaban J connectivity index is 1.81. The van der Waals surface area contributed by atoms with Crippen LogP contribution >= 0.6 is 11.8 Å². The number of rotatable bonds is 4. The first-order chi connectivity index (χ1) is 9.86. The summed E-state index contributed by atoms with van der Waals surface area (Å²) in [5, 5.41) is 0. The number of hydrogen-bond acceptors (Lipinski definition) is 5. The average Bonchev–Trinajstić information content (AvgIpc) is 2.45. The number of amides is 1. The molecule has 0 saturated carbocycles. The molecule has 1 aliphatic heterocycles. The average molecular weight is 329 g/mol. The third-order valence-electron chi connectivity index (χ3n) is 3.30. The first kappa shape index (κ1) is 16.1. The Bertz CT molecular complexity index is 594. The van der Waals surface area contributed by atoms with Gasteiger partial charge in [0, 0.05) is 36.8 Å². The zero-order valence-corrected chi connectivity index (χ0v) is 13.5. The molecule has 1 heterocycles. The van der Waals surface area contributed by atoms with Crippen molar-refractivity contribution < 1.29 is 13.2 Å². The molecule has 0 aliphatic carbocycles. The van der Waals surface area contributed by atoms with Crippen LogP contribution in [0.25, 0.3) is 0 Å². The van der Waals surface area contributed by atoms with Crippen molar-refractivity contribution in [2.75, 3.05) is 43.9 Å². The molecule has 0 aromatic heterocycles. The number of hydrogen-bond donors (Lipinski definition) is 1. The van der Waals surface area contributed by atoms with Crippen molar-refractivity contribution in [3.05, 3.63) is 24.3 Å². The van der Waals surface area contributed by atoms with E-state index in [-0.39, 0.29) is 5.91 Å². The molecule has 0 bridgehead atoms. The summed E-state index contributed by atoms with van der Waals surface area (Å²) in [7, 11) is -3.16. The zero-order chi connectivity index (χ0) is 15.5. The third-order valence-corrected chi connectivity index (χ3v) is 5.60. The fraction of sp³-hybridized carbons (Fsp3) is 0.462. The number of sulfonamides is 1. The molecule has 0 unspecified atom stereocenters. The summed E-state index contributed by atoms with van der Waals surface area (Å²) in [5.74, 6) is 0.382. The molecule has 1 fully saturated rings. The fourth-order valence-corrected chi connectivity index (χ4v) is 3.70. The highest BCUT2D eigenvalue weighted by Crippen LogP contribution is 2.20. The SMILES string of the molecule is CS(=O)(=O)N1CCN(C(=O)CSc2ccc(N)cc2)CC1.